The molecular formula is C25H31N3O5. The van der Waals surface area contributed by atoms with E-state index in [0.29, 0.717) is 18.0 Å². The van der Waals surface area contributed by atoms with Crippen molar-refractivity contribution < 1.29 is 23.8 Å². The van der Waals surface area contributed by atoms with Gasteiger partial charge in [-0.05, 0) is 48.2 Å². The maximum Gasteiger partial charge on any atom is 0.324 e. The molecule has 0 radical (unpaired) electrons. The maximum absolute atomic E-state index is 12.0. The highest BCUT2D eigenvalue weighted by atomic mass is 16.5. The normalized spacial score (nSPS) is 18.0. The van der Waals surface area contributed by atoms with Crippen LogP contribution in [-0.4, -0.2) is 49.7 Å². The summed E-state index contributed by atoms with van der Waals surface area (Å²) in [5.74, 6) is 1.95. The Hall–Kier alpha value is -3.26. The number of fused-ring (bicyclic) bond motifs is 1. The van der Waals surface area contributed by atoms with Crippen LogP contribution in [-0.2, 0) is 17.8 Å². The van der Waals surface area contributed by atoms with Crippen LogP contribution in [0.1, 0.15) is 43.0 Å². The lowest BCUT2D eigenvalue weighted by Crippen LogP contribution is -2.34. The molecule has 2 unspecified atom stereocenters. The number of carbonyl (C=O) groups is 2. The van der Waals surface area contributed by atoms with Crippen molar-refractivity contribution in [3.05, 3.63) is 53.1 Å². The average Bonchev–Trinajstić information content (AvgIpc) is 3.39. The van der Waals surface area contributed by atoms with Gasteiger partial charge in [0.1, 0.15) is 18.4 Å². The zero-order chi connectivity index (χ0) is 23.4. The predicted octanol–water partition coefficient (Wildman–Crippen LogP) is 3.19. The number of benzene rings is 2. The minimum Gasteiger partial charge on any atom is -0.493 e. The highest BCUT2D eigenvalue weighted by molar-refractivity contribution is 6.03. The molecule has 2 N–H and O–H groups in total. The standard InChI is InChI=1S/C25H31N3O5/c1-4-20(18-6-8-21-19(14-18)9-11-32-21)26-15-17-5-7-22(23(13-17)31-3)33-12-10-28-24(29)16(2)27-25(28)30/h5-8,13-14,16,20,26H,4,9-12,15H2,1-3H3,(H,27,30). The number of carbonyl (C=O) groups excluding carboxylic acids is 2. The summed E-state index contributed by atoms with van der Waals surface area (Å²) in [4.78, 5) is 25.0. The van der Waals surface area contributed by atoms with E-state index in [0.717, 1.165) is 30.8 Å². The van der Waals surface area contributed by atoms with Crippen molar-refractivity contribution in [2.75, 3.05) is 26.9 Å². The summed E-state index contributed by atoms with van der Waals surface area (Å²) < 4.78 is 16.9. The van der Waals surface area contributed by atoms with Gasteiger partial charge in [-0.1, -0.05) is 25.1 Å². The zero-order valence-corrected chi connectivity index (χ0v) is 19.3. The molecule has 2 aromatic carbocycles. The van der Waals surface area contributed by atoms with Crippen LogP contribution in [0.5, 0.6) is 17.2 Å². The van der Waals surface area contributed by atoms with Crippen molar-refractivity contribution in [1.29, 1.82) is 0 Å². The summed E-state index contributed by atoms with van der Waals surface area (Å²) in [6, 6.07) is 11.6. The Morgan fingerprint density at radius 1 is 1.21 bits per heavy atom. The first-order valence-corrected chi connectivity index (χ1v) is 11.4. The van der Waals surface area contributed by atoms with Crippen LogP contribution in [0.2, 0.25) is 0 Å². The quantitative estimate of drug-likeness (QED) is 0.537. The largest absolute Gasteiger partial charge is 0.493 e. The van der Waals surface area contributed by atoms with Gasteiger partial charge in [0.2, 0.25) is 0 Å². The minimum absolute atomic E-state index is 0.186. The lowest BCUT2D eigenvalue weighted by molar-refractivity contribution is -0.127. The number of nitrogens with one attached hydrogen (secondary N) is 2. The van der Waals surface area contributed by atoms with E-state index >= 15 is 0 Å². The Bertz CT molecular complexity index is 1030. The molecule has 1 fully saturated rings. The number of ether oxygens (including phenoxy) is 3. The predicted molar refractivity (Wildman–Crippen MR) is 124 cm³/mol. The molecule has 176 valence electrons. The van der Waals surface area contributed by atoms with E-state index in [9.17, 15) is 9.59 Å². The summed E-state index contributed by atoms with van der Waals surface area (Å²) in [6.45, 7) is 5.66. The van der Waals surface area contributed by atoms with Crippen molar-refractivity contribution >= 4 is 11.9 Å². The van der Waals surface area contributed by atoms with Gasteiger partial charge < -0.3 is 24.8 Å². The molecule has 2 heterocycles. The Kier molecular flexibility index (Phi) is 7.03. The molecule has 2 atom stereocenters. The van der Waals surface area contributed by atoms with Gasteiger partial charge in [-0.3, -0.25) is 9.69 Å². The molecule has 0 spiro atoms. The Labute approximate surface area is 194 Å². The molecule has 8 nitrogen and oxygen atoms in total. The van der Waals surface area contributed by atoms with Gasteiger partial charge in [-0.25, -0.2) is 4.79 Å². The van der Waals surface area contributed by atoms with Crippen LogP contribution in [0.15, 0.2) is 36.4 Å². The van der Waals surface area contributed by atoms with E-state index in [1.807, 2.05) is 18.2 Å². The van der Waals surface area contributed by atoms with Crippen LogP contribution in [0, 0.1) is 0 Å². The number of hydrogen-bond donors (Lipinski definition) is 2. The van der Waals surface area contributed by atoms with Crippen molar-refractivity contribution in [2.45, 2.75) is 45.3 Å². The Morgan fingerprint density at radius 3 is 2.79 bits per heavy atom. The van der Waals surface area contributed by atoms with E-state index < -0.39 is 6.04 Å². The molecule has 2 aliphatic heterocycles. The highest BCUT2D eigenvalue weighted by Crippen LogP contribution is 2.31. The number of nitrogens with zero attached hydrogens (tertiary/aromatic N) is 1. The van der Waals surface area contributed by atoms with Gasteiger partial charge in [0.05, 0.1) is 20.3 Å². The third-order valence-electron chi connectivity index (χ3n) is 6.10. The van der Waals surface area contributed by atoms with Gasteiger partial charge in [0.15, 0.2) is 11.5 Å². The monoisotopic (exact) mass is 453 g/mol. The number of hydrogen-bond acceptors (Lipinski definition) is 6. The van der Waals surface area contributed by atoms with E-state index in [1.165, 1.54) is 16.0 Å². The minimum atomic E-state index is -0.490. The number of amides is 3. The second-order valence-corrected chi connectivity index (χ2v) is 8.30. The molecule has 0 aromatic heterocycles. The fraction of sp³-hybridized carbons (Fsp3) is 0.440. The van der Waals surface area contributed by atoms with Gasteiger partial charge in [0, 0.05) is 19.0 Å². The number of urea groups is 1. The molecule has 33 heavy (non-hydrogen) atoms. The molecule has 4 rings (SSSR count). The summed E-state index contributed by atoms with van der Waals surface area (Å²) in [5, 5.41) is 6.22. The summed E-state index contributed by atoms with van der Waals surface area (Å²) in [6.07, 6.45) is 1.94. The Balaban J connectivity index is 1.34. The third-order valence-corrected chi connectivity index (χ3v) is 6.10. The van der Waals surface area contributed by atoms with E-state index in [2.05, 4.69) is 35.8 Å². The van der Waals surface area contributed by atoms with Crippen molar-refractivity contribution in [1.82, 2.24) is 15.5 Å². The fourth-order valence-corrected chi connectivity index (χ4v) is 4.22. The molecule has 0 bridgehead atoms. The molecule has 2 aliphatic rings. The third kappa shape index (κ3) is 5.06. The number of imide groups is 1. The smallest absolute Gasteiger partial charge is 0.324 e. The fourth-order valence-electron chi connectivity index (χ4n) is 4.22. The molecule has 0 aliphatic carbocycles. The van der Waals surface area contributed by atoms with E-state index in [1.54, 1.807) is 14.0 Å². The van der Waals surface area contributed by atoms with Crippen LogP contribution in [0.3, 0.4) is 0 Å². The van der Waals surface area contributed by atoms with E-state index in [-0.39, 0.29) is 31.1 Å². The molecule has 0 saturated carbocycles. The zero-order valence-electron chi connectivity index (χ0n) is 19.3. The summed E-state index contributed by atoms with van der Waals surface area (Å²) >= 11 is 0. The maximum atomic E-state index is 12.0. The second kappa shape index (κ2) is 10.1. The Morgan fingerprint density at radius 2 is 2.06 bits per heavy atom. The first-order valence-electron chi connectivity index (χ1n) is 11.4. The SMILES string of the molecule is CCC(NCc1ccc(OCCN2C(=O)NC(C)C2=O)c(OC)c1)c1ccc2c(c1)CCO2. The highest BCUT2D eigenvalue weighted by Gasteiger charge is 2.34. The van der Waals surface area contributed by atoms with Crippen molar-refractivity contribution in [3.63, 3.8) is 0 Å². The first-order chi connectivity index (χ1) is 16.0. The lowest BCUT2D eigenvalue weighted by Gasteiger charge is -2.19. The lowest BCUT2D eigenvalue weighted by atomic mass is 10.0. The number of methoxy groups -OCH3 is 1. The van der Waals surface area contributed by atoms with Crippen LogP contribution >= 0.6 is 0 Å². The molecule has 3 amide bonds. The van der Waals surface area contributed by atoms with Crippen molar-refractivity contribution in [3.8, 4) is 17.2 Å². The van der Waals surface area contributed by atoms with Crippen LogP contribution in [0.25, 0.3) is 0 Å². The van der Waals surface area contributed by atoms with Crippen molar-refractivity contribution in [2.24, 2.45) is 0 Å². The average molecular weight is 454 g/mol. The topological polar surface area (TPSA) is 89.1 Å². The second-order valence-electron chi connectivity index (χ2n) is 8.30. The van der Waals surface area contributed by atoms with Crippen LogP contribution < -0.4 is 24.8 Å². The van der Waals surface area contributed by atoms with Gasteiger partial charge in [-0.2, -0.15) is 0 Å². The van der Waals surface area contributed by atoms with E-state index in [4.69, 9.17) is 14.2 Å². The van der Waals surface area contributed by atoms with Gasteiger partial charge >= 0.3 is 6.03 Å². The molecule has 8 heteroatoms. The molecule has 2 aromatic rings. The van der Waals surface area contributed by atoms with Crippen LogP contribution in [0.4, 0.5) is 4.79 Å². The number of rotatable bonds is 10. The molecule has 1 saturated heterocycles. The summed E-state index contributed by atoms with van der Waals surface area (Å²) in [5.41, 5.74) is 3.62. The van der Waals surface area contributed by atoms with Gasteiger partial charge in [-0.15, -0.1) is 0 Å². The van der Waals surface area contributed by atoms with Gasteiger partial charge in [0.25, 0.3) is 5.91 Å². The first kappa shape index (κ1) is 22.9. The molecular weight excluding hydrogens is 422 g/mol. The summed E-state index contributed by atoms with van der Waals surface area (Å²) in [7, 11) is 1.60.